The van der Waals surface area contributed by atoms with E-state index in [9.17, 15) is 9.59 Å². The van der Waals surface area contributed by atoms with Gasteiger partial charge in [0.25, 0.3) is 5.91 Å². The Labute approximate surface area is 97.1 Å². The molecule has 0 unspecified atom stereocenters. The van der Waals surface area contributed by atoms with Crippen LogP contribution in [0.2, 0.25) is 0 Å². The van der Waals surface area contributed by atoms with Crippen LogP contribution in [0.5, 0.6) is 0 Å². The molecule has 4 N–H and O–H groups in total. The van der Waals surface area contributed by atoms with Crippen LogP contribution in [0.15, 0.2) is 4.63 Å². The summed E-state index contributed by atoms with van der Waals surface area (Å²) < 4.78 is 4.26. The molecule has 0 saturated heterocycles. The maximum Gasteiger partial charge on any atom is 0.326 e. The van der Waals surface area contributed by atoms with Crippen molar-refractivity contribution >= 4 is 17.7 Å². The van der Waals surface area contributed by atoms with Gasteiger partial charge in [-0.2, -0.15) is 0 Å². The number of amides is 1. The minimum atomic E-state index is -1.14. The molecular formula is C9H14N4O4. The van der Waals surface area contributed by atoms with E-state index in [2.05, 4.69) is 20.3 Å². The topological polar surface area (TPSA) is 131 Å². The second-order valence-corrected chi connectivity index (χ2v) is 4.61. The number of anilines is 1. The third-order valence-corrected chi connectivity index (χ3v) is 2.12. The Morgan fingerprint density at radius 3 is 2.35 bits per heavy atom. The van der Waals surface area contributed by atoms with Crippen LogP contribution < -0.4 is 11.1 Å². The summed E-state index contributed by atoms with van der Waals surface area (Å²) in [4.78, 5) is 22.7. The zero-order valence-corrected chi connectivity index (χ0v) is 9.72. The monoisotopic (exact) mass is 242 g/mol. The molecule has 0 saturated carbocycles. The van der Waals surface area contributed by atoms with Gasteiger partial charge in [0, 0.05) is 0 Å². The van der Waals surface area contributed by atoms with Gasteiger partial charge in [0.1, 0.15) is 6.04 Å². The van der Waals surface area contributed by atoms with Gasteiger partial charge in [-0.25, -0.2) is 9.42 Å². The Bertz CT molecular complexity index is 434. The Morgan fingerprint density at radius 1 is 1.41 bits per heavy atom. The largest absolute Gasteiger partial charge is 0.480 e. The van der Waals surface area contributed by atoms with Crippen LogP contribution in [-0.2, 0) is 4.79 Å². The normalized spacial score (nSPS) is 13.1. The van der Waals surface area contributed by atoms with E-state index < -0.39 is 23.3 Å². The molecule has 1 atom stereocenters. The highest BCUT2D eigenvalue weighted by molar-refractivity contribution is 5.98. The highest BCUT2D eigenvalue weighted by Crippen LogP contribution is 2.20. The van der Waals surface area contributed by atoms with Crippen LogP contribution in [0.25, 0.3) is 0 Å². The van der Waals surface area contributed by atoms with Gasteiger partial charge in [-0.3, -0.25) is 4.79 Å². The predicted octanol–water partition coefficient (Wildman–Crippen LogP) is -0.119. The van der Waals surface area contributed by atoms with Gasteiger partial charge in [-0.1, -0.05) is 20.8 Å². The molecule has 1 aromatic heterocycles. The van der Waals surface area contributed by atoms with Gasteiger partial charge in [0.15, 0.2) is 0 Å². The number of hydrogen-bond acceptors (Lipinski definition) is 6. The number of aliphatic carboxylic acids is 1. The first-order valence-electron chi connectivity index (χ1n) is 4.85. The molecule has 0 radical (unpaired) electrons. The van der Waals surface area contributed by atoms with Crippen molar-refractivity contribution in [2.45, 2.75) is 26.8 Å². The summed E-state index contributed by atoms with van der Waals surface area (Å²) in [6.45, 7) is 5.07. The van der Waals surface area contributed by atoms with E-state index in [4.69, 9.17) is 10.8 Å². The maximum absolute atomic E-state index is 11.7. The first kappa shape index (κ1) is 12.9. The van der Waals surface area contributed by atoms with Crippen LogP contribution in [-0.4, -0.2) is 33.3 Å². The molecule has 1 heterocycles. The van der Waals surface area contributed by atoms with E-state index in [0.29, 0.717) is 0 Å². The molecule has 8 nitrogen and oxygen atoms in total. The average molecular weight is 242 g/mol. The van der Waals surface area contributed by atoms with Crippen molar-refractivity contribution in [2.24, 2.45) is 5.41 Å². The number of nitrogens with one attached hydrogen (secondary N) is 1. The SMILES string of the molecule is CC(C)(C)[C@H](NC(=O)c1nonc1N)C(=O)O. The van der Waals surface area contributed by atoms with E-state index in [-0.39, 0.29) is 11.5 Å². The number of carbonyl (C=O) groups is 2. The van der Waals surface area contributed by atoms with Gasteiger partial charge >= 0.3 is 5.97 Å². The number of carboxylic acid groups (broad SMARTS) is 1. The van der Waals surface area contributed by atoms with Gasteiger partial charge in [0.2, 0.25) is 11.5 Å². The van der Waals surface area contributed by atoms with E-state index in [1.165, 1.54) is 0 Å². The molecule has 0 aliphatic rings. The molecule has 0 aromatic carbocycles. The fraction of sp³-hybridized carbons (Fsp3) is 0.556. The number of hydrogen-bond donors (Lipinski definition) is 3. The third kappa shape index (κ3) is 2.92. The van der Waals surface area contributed by atoms with E-state index >= 15 is 0 Å². The molecule has 0 bridgehead atoms. The first-order chi connectivity index (χ1) is 7.73. The lowest BCUT2D eigenvalue weighted by atomic mass is 9.86. The number of carboxylic acids is 1. The van der Waals surface area contributed by atoms with Crippen LogP contribution >= 0.6 is 0 Å². The predicted molar refractivity (Wildman–Crippen MR) is 57.1 cm³/mol. The summed E-state index contributed by atoms with van der Waals surface area (Å²) in [6, 6.07) is -1.06. The van der Waals surface area contributed by atoms with Gasteiger partial charge < -0.3 is 16.2 Å². The average Bonchev–Trinajstić information content (AvgIpc) is 2.58. The molecule has 1 amide bonds. The Morgan fingerprint density at radius 2 is 2.00 bits per heavy atom. The molecule has 94 valence electrons. The zero-order chi connectivity index (χ0) is 13.2. The molecule has 17 heavy (non-hydrogen) atoms. The lowest BCUT2D eigenvalue weighted by Gasteiger charge is -2.27. The summed E-state index contributed by atoms with van der Waals surface area (Å²) in [7, 11) is 0. The molecule has 0 spiro atoms. The Kier molecular flexibility index (Phi) is 3.35. The molecule has 0 fully saturated rings. The fourth-order valence-electron chi connectivity index (χ4n) is 1.20. The number of nitrogens with zero attached hydrogens (tertiary/aromatic N) is 2. The summed E-state index contributed by atoms with van der Waals surface area (Å²) >= 11 is 0. The zero-order valence-electron chi connectivity index (χ0n) is 9.72. The quantitative estimate of drug-likeness (QED) is 0.673. The smallest absolute Gasteiger partial charge is 0.326 e. The number of rotatable bonds is 3. The lowest BCUT2D eigenvalue weighted by molar-refractivity contribution is -0.142. The highest BCUT2D eigenvalue weighted by Gasteiger charge is 2.34. The summed E-state index contributed by atoms with van der Waals surface area (Å²) in [6.07, 6.45) is 0. The summed E-state index contributed by atoms with van der Waals surface area (Å²) in [5.74, 6) is -2.05. The molecule has 1 rings (SSSR count). The minimum Gasteiger partial charge on any atom is -0.480 e. The maximum atomic E-state index is 11.7. The van der Waals surface area contributed by atoms with Crippen LogP contribution in [0, 0.1) is 5.41 Å². The number of carbonyl (C=O) groups excluding carboxylic acids is 1. The van der Waals surface area contributed by atoms with Crippen LogP contribution in [0.1, 0.15) is 31.3 Å². The van der Waals surface area contributed by atoms with Gasteiger partial charge in [0.05, 0.1) is 0 Å². The van der Waals surface area contributed by atoms with Crippen molar-refractivity contribution in [1.82, 2.24) is 15.6 Å². The van der Waals surface area contributed by atoms with Crippen LogP contribution in [0.4, 0.5) is 5.82 Å². The third-order valence-electron chi connectivity index (χ3n) is 2.12. The van der Waals surface area contributed by atoms with Crippen molar-refractivity contribution in [1.29, 1.82) is 0 Å². The van der Waals surface area contributed by atoms with Crippen molar-refractivity contribution in [3.05, 3.63) is 5.69 Å². The minimum absolute atomic E-state index is 0.180. The molecular weight excluding hydrogens is 228 g/mol. The van der Waals surface area contributed by atoms with E-state index in [1.807, 2.05) is 0 Å². The van der Waals surface area contributed by atoms with Gasteiger partial charge in [-0.05, 0) is 15.7 Å². The van der Waals surface area contributed by atoms with E-state index in [1.54, 1.807) is 20.8 Å². The second-order valence-electron chi connectivity index (χ2n) is 4.61. The van der Waals surface area contributed by atoms with Crippen molar-refractivity contribution in [2.75, 3.05) is 5.73 Å². The number of aromatic nitrogens is 2. The van der Waals surface area contributed by atoms with E-state index in [0.717, 1.165) is 0 Å². The highest BCUT2D eigenvalue weighted by atomic mass is 16.6. The van der Waals surface area contributed by atoms with Crippen LogP contribution in [0.3, 0.4) is 0 Å². The van der Waals surface area contributed by atoms with Crippen molar-refractivity contribution in [3.63, 3.8) is 0 Å². The Balaban J connectivity index is 2.86. The first-order valence-corrected chi connectivity index (χ1v) is 4.85. The standard InChI is InChI=1S/C9H14N4O4/c1-9(2,3)5(8(15)16)11-7(14)4-6(10)13-17-12-4/h5H,1-3H3,(H2,10,13)(H,11,14)(H,15,16)/t5-/m1/s1. The fourth-order valence-corrected chi connectivity index (χ4v) is 1.20. The summed E-state index contributed by atoms with van der Waals surface area (Å²) in [5, 5.41) is 17.9. The Hall–Kier alpha value is -2.12. The van der Waals surface area contributed by atoms with Crippen molar-refractivity contribution in [3.8, 4) is 0 Å². The van der Waals surface area contributed by atoms with Crippen molar-refractivity contribution < 1.29 is 19.3 Å². The molecule has 0 aliphatic carbocycles. The summed E-state index contributed by atoms with van der Waals surface area (Å²) in [5.41, 5.74) is 4.46. The lowest BCUT2D eigenvalue weighted by Crippen LogP contribution is -2.49. The molecule has 1 aromatic rings. The number of nitrogens with two attached hydrogens (primary N) is 1. The molecule has 0 aliphatic heterocycles. The molecule has 8 heteroatoms. The van der Waals surface area contributed by atoms with Gasteiger partial charge in [-0.15, -0.1) is 0 Å². The second kappa shape index (κ2) is 4.40. The number of nitrogen functional groups attached to an aromatic ring is 1.